The first-order valence-electron chi connectivity index (χ1n) is 5.82. The van der Waals surface area contributed by atoms with Crippen LogP contribution in [0.3, 0.4) is 0 Å². The molecule has 0 heterocycles. The molecular weight excluding hydrogens is 174 g/mol. The van der Waals surface area contributed by atoms with E-state index in [1.54, 1.807) is 0 Å². The van der Waals surface area contributed by atoms with Gasteiger partial charge in [-0.15, -0.1) is 0 Å². The van der Waals surface area contributed by atoms with Crippen molar-refractivity contribution in [1.29, 1.82) is 0 Å². The van der Waals surface area contributed by atoms with Gasteiger partial charge in [-0.05, 0) is 37.0 Å². The highest BCUT2D eigenvalue weighted by Crippen LogP contribution is 2.32. The van der Waals surface area contributed by atoms with E-state index in [1.165, 1.54) is 5.71 Å². The molecule has 1 saturated carbocycles. The number of hydrogen-bond donors (Lipinski definition) is 0. The van der Waals surface area contributed by atoms with Crippen LogP contribution in [-0.4, -0.2) is 12.3 Å². The molecule has 0 amide bonds. The zero-order valence-electron chi connectivity index (χ0n) is 9.92. The molecule has 1 fully saturated rings. The maximum Gasteiger partial charge on any atom is 0.116 e. The van der Waals surface area contributed by atoms with E-state index >= 15 is 0 Å². The number of hydrogen-bond acceptors (Lipinski definition) is 2. The maximum absolute atomic E-state index is 5.24. The van der Waals surface area contributed by atoms with Gasteiger partial charge in [0.05, 0.1) is 5.71 Å². The highest BCUT2D eigenvalue weighted by Gasteiger charge is 2.27. The van der Waals surface area contributed by atoms with Crippen molar-refractivity contribution in [2.45, 2.75) is 47.0 Å². The number of rotatable bonds is 3. The molecule has 0 spiro atoms. The minimum Gasteiger partial charge on any atom is -0.396 e. The van der Waals surface area contributed by atoms with Crippen molar-refractivity contribution in [3.8, 4) is 0 Å². The number of oxime groups is 1. The third-order valence-corrected chi connectivity index (χ3v) is 3.40. The first kappa shape index (κ1) is 11.5. The second-order valence-corrected chi connectivity index (χ2v) is 4.71. The van der Waals surface area contributed by atoms with Crippen molar-refractivity contribution < 1.29 is 4.84 Å². The van der Waals surface area contributed by atoms with E-state index in [0.717, 1.165) is 43.6 Å². The minimum absolute atomic E-state index is 0.752. The third-order valence-electron chi connectivity index (χ3n) is 3.40. The molecule has 2 atom stereocenters. The predicted molar refractivity (Wildman–Crippen MR) is 60.4 cm³/mol. The van der Waals surface area contributed by atoms with E-state index in [1.807, 2.05) is 0 Å². The quantitative estimate of drug-likeness (QED) is 0.501. The van der Waals surface area contributed by atoms with Crippen LogP contribution in [-0.2, 0) is 4.84 Å². The van der Waals surface area contributed by atoms with Crippen LogP contribution in [0.15, 0.2) is 5.16 Å². The van der Waals surface area contributed by atoms with Crippen molar-refractivity contribution >= 4 is 5.71 Å². The summed E-state index contributed by atoms with van der Waals surface area (Å²) in [5.41, 5.74) is 1.26. The van der Waals surface area contributed by atoms with E-state index in [0.29, 0.717) is 0 Å². The summed E-state index contributed by atoms with van der Waals surface area (Å²) in [6.07, 6.45) is 3.28. The minimum atomic E-state index is 0.752. The highest BCUT2D eigenvalue weighted by molar-refractivity contribution is 5.85. The first-order valence-corrected chi connectivity index (χ1v) is 5.82. The lowest BCUT2D eigenvalue weighted by Crippen LogP contribution is -2.28. The Labute approximate surface area is 87.7 Å². The fourth-order valence-electron chi connectivity index (χ4n) is 2.06. The summed E-state index contributed by atoms with van der Waals surface area (Å²) in [6, 6.07) is 0. The van der Waals surface area contributed by atoms with Gasteiger partial charge in [0.15, 0.2) is 0 Å². The van der Waals surface area contributed by atoms with Gasteiger partial charge in [0.2, 0.25) is 0 Å². The standard InChI is InChI=1S/C12H23NO/c1-5-6-14-13-12-7-9(2)11(4)10(3)8-12/h9-11H,5-8H2,1-4H3. The van der Waals surface area contributed by atoms with E-state index in [4.69, 9.17) is 4.84 Å². The fraction of sp³-hybridized carbons (Fsp3) is 0.917. The molecule has 14 heavy (non-hydrogen) atoms. The second kappa shape index (κ2) is 5.38. The van der Waals surface area contributed by atoms with Gasteiger partial charge in [-0.25, -0.2) is 0 Å². The molecule has 0 radical (unpaired) electrons. The Balaban J connectivity index is 2.44. The van der Waals surface area contributed by atoms with Crippen LogP contribution in [0.25, 0.3) is 0 Å². The molecule has 0 aromatic carbocycles. The average Bonchev–Trinajstić information content (AvgIpc) is 2.14. The van der Waals surface area contributed by atoms with Gasteiger partial charge in [-0.3, -0.25) is 0 Å². The molecule has 82 valence electrons. The Morgan fingerprint density at radius 2 is 1.79 bits per heavy atom. The monoisotopic (exact) mass is 197 g/mol. The van der Waals surface area contributed by atoms with Crippen LogP contribution in [0.5, 0.6) is 0 Å². The van der Waals surface area contributed by atoms with Crippen LogP contribution >= 0.6 is 0 Å². The summed E-state index contributed by atoms with van der Waals surface area (Å²) in [5, 5.41) is 4.22. The molecule has 2 heteroatoms. The van der Waals surface area contributed by atoms with Gasteiger partial charge in [-0.2, -0.15) is 0 Å². The summed E-state index contributed by atoms with van der Waals surface area (Å²) in [5.74, 6) is 2.32. The normalized spacial score (nSPS) is 32.9. The summed E-state index contributed by atoms with van der Waals surface area (Å²) in [7, 11) is 0. The Kier molecular flexibility index (Phi) is 4.43. The highest BCUT2D eigenvalue weighted by atomic mass is 16.6. The molecular formula is C12H23NO. The molecule has 2 nitrogen and oxygen atoms in total. The maximum atomic E-state index is 5.24. The zero-order chi connectivity index (χ0) is 10.6. The van der Waals surface area contributed by atoms with E-state index in [-0.39, 0.29) is 0 Å². The largest absolute Gasteiger partial charge is 0.396 e. The van der Waals surface area contributed by atoms with Crippen molar-refractivity contribution in [3.63, 3.8) is 0 Å². The van der Waals surface area contributed by atoms with Gasteiger partial charge in [0.25, 0.3) is 0 Å². The summed E-state index contributed by atoms with van der Waals surface area (Å²) in [6.45, 7) is 9.83. The Morgan fingerprint density at radius 3 is 2.29 bits per heavy atom. The van der Waals surface area contributed by atoms with E-state index in [9.17, 15) is 0 Å². The molecule has 1 rings (SSSR count). The Morgan fingerprint density at radius 1 is 1.21 bits per heavy atom. The van der Waals surface area contributed by atoms with Crippen LogP contribution in [0.1, 0.15) is 47.0 Å². The van der Waals surface area contributed by atoms with Gasteiger partial charge in [-0.1, -0.05) is 32.9 Å². The van der Waals surface area contributed by atoms with Gasteiger partial charge >= 0.3 is 0 Å². The lowest BCUT2D eigenvalue weighted by molar-refractivity contribution is 0.139. The molecule has 0 N–H and O–H groups in total. The third kappa shape index (κ3) is 3.00. The summed E-state index contributed by atoms with van der Waals surface area (Å²) < 4.78 is 0. The molecule has 2 unspecified atom stereocenters. The van der Waals surface area contributed by atoms with Crippen LogP contribution in [0.2, 0.25) is 0 Å². The van der Waals surface area contributed by atoms with Crippen molar-refractivity contribution in [3.05, 3.63) is 0 Å². The van der Waals surface area contributed by atoms with Crippen molar-refractivity contribution in [1.82, 2.24) is 0 Å². The molecule has 0 aromatic heterocycles. The van der Waals surface area contributed by atoms with Gasteiger partial charge in [0, 0.05) is 0 Å². The second-order valence-electron chi connectivity index (χ2n) is 4.71. The van der Waals surface area contributed by atoms with Gasteiger partial charge < -0.3 is 4.84 Å². The van der Waals surface area contributed by atoms with Crippen molar-refractivity contribution in [2.24, 2.45) is 22.9 Å². The van der Waals surface area contributed by atoms with E-state index < -0.39 is 0 Å². The topological polar surface area (TPSA) is 21.6 Å². The lowest BCUT2D eigenvalue weighted by atomic mass is 9.74. The van der Waals surface area contributed by atoms with Crippen LogP contribution in [0, 0.1) is 17.8 Å². The van der Waals surface area contributed by atoms with E-state index in [2.05, 4.69) is 32.9 Å². The molecule has 1 aliphatic rings. The summed E-state index contributed by atoms with van der Waals surface area (Å²) in [4.78, 5) is 5.24. The van der Waals surface area contributed by atoms with Gasteiger partial charge in [0.1, 0.15) is 6.61 Å². The van der Waals surface area contributed by atoms with Crippen LogP contribution in [0.4, 0.5) is 0 Å². The smallest absolute Gasteiger partial charge is 0.116 e. The predicted octanol–water partition coefficient (Wildman–Crippen LogP) is 3.47. The molecule has 1 aliphatic carbocycles. The van der Waals surface area contributed by atoms with Crippen LogP contribution < -0.4 is 0 Å². The fourth-order valence-corrected chi connectivity index (χ4v) is 2.06. The Bertz CT molecular complexity index is 186. The van der Waals surface area contributed by atoms with Crippen molar-refractivity contribution in [2.75, 3.05) is 6.61 Å². The molecule has 0 bridgehead atoms. The molecule has 0 saturated heterocycles. The zero-order valence-corrected chi connectivity index (χ0v) is 9.92. The average molecular weight is 197 g/mol. The first-order chi connectivity index (χ1) is 6.65. The molecule has 0 aromatic rings. The molecule has 0 aliphatic heterocycles. The Hall–Kier alpha value is -0.530. The lowest BCUT2D eigenvalue weighted by Gasteiger charge is -2.32. The number of nitrogens with zero attached hydrogens (tertiary/aromatic N) is 1. The summed E-state index contributed by atoms with van der Waals surface area (Å²) >= 11 is 0. The SMILES string of the molecule is CCCON=C1CC(C)C(C)C(C)C1.